The van der Waals surface area contributed by atoms with Crippen LogP contribution in [-0.2, 0) is 32.6 Å². The normalized spacial score (nSPS) is 12.7. The number of carbonyl (C=O) groups is 1. The van der Waals surface area contributed by atoms with Gasteiger partial charge in [0.2, 0.25) is 0 Å². The van der Waals surface area contributed by atoms with E-state index in [4.69, 9.17) is 60.0 Å². The lowest BCUT2D eigenvalue weighted by Gasteiger charge is -2.28. The number of amides is 1. The second-order valence-electron chi connectivity index (χ2n) is 16.2. The molecule has 1 amide bonds. The monoisotopic (exact) mass is 919 g/mol. The summed E-state index contributed by atoms with van der Waals surface area (Å²) in [5.41, 5.74) is 13.2. The van der Waals surface area contributed by atoms with E-state index in [0.717, 1.165) is 46.7 Å². The van der Waals surface area contributed by atoms with Crippen LogP contribution in [0.2, 0.25) is 15.1 Å². The molecule has 1 aliphatic rings. The first-order valence-electron chi connectivity index (χ1n) is 21.0. The molecule has 0 fully saturated rings. The lowest BCUT2D eigenvalue weighted by Crippen LogP contribution is -2.33. The number of nitrogens with one attached hydrogen (secondary N) is 2. The zero-order valence-corrected chi connectivity index (χ0v) is 38.0. The standard InChI is InChI=1S/C48H48Cl3N9O4/c1-29(2)27-63-42-14-9-37(49)23-36(42)26-60-30(3)20-44(57-60)56-47(61)34-5-6-35-25-58(18-16-33(35)22-34)28-64-38-10-7-32(8-11-38)45-48(62)59(19-17-52)46-41(54-45)13-15-43(55-46)53-24-31-4-12-39(50)40(51)21-31/h4-15,20-23,29H,16-19,24-28,52H2,1-3H3,(H,53,55)(H,56,57,61). The van der Waals surface area contributed by atoms with Crippen molar-refractivity contribution in [2.24, 2.45) is 11.7 Å². The third-order valence-corrected chi connectivity index (χ3v) is 11.8. The van der Waals surface area contributed by atoms with Crippen molar-refractivity contribution in [1.29, 1.82) is 0 Å². The summed E-state index contributed by atoms with van der Waals surface area (Å²) in [6.07, 6.45) is 0.764. The molecule has 1 aliphatic heterocycles. The number of aromatic nitrogens is 5. The number of pyridine rings is 1. The summed E-state index contributed by atoms with van der Waals surface area (Å²) >= 11 is 18.6. The van der Waals surface area contributed by atoms with Gasteiger partial charge in [-0.1, -0.05) is 60.8 Å². The Labute approximate surface area is 386 Å². The van der Waals surface area contributed by atoms with E-state index in [1.54, 1.807) is 16.7 Å². The van der Waals surface area contributed by atoms with Gasteiger partial charge in [0.1, 0.15) is 35.3 Å². The van der Waals surface area contributed by atoms with Crippen LogP contribution < -0.4 is 31.4 Å². The second kappa shape index (κ2) is 19.8. The fraction of sp³-hybridized carbons (Fsp3) is 0.271. The third kappa shape index (κ3) is 10.5. The maximum Gasteiger partial charge on any atom is 0.278 e. The summed E-state index contributed by atoms with van der Waals surface area (Å²) in [4.78, 5) is 38.9. The van der Waals surface area contributed by atoms with Crippen LogP contribution in [0.25, 0.3) is 22.4 Å². The molecule has 16 heteroatoms. The van der Waals surface area contributed by atoms with E-state index in [1.165, 1.54) is 0 Å². The van der Waals surface area contributed by atoms with Crippen LogP contribution in [0.3, 0.4) is 0 Å². The van der Waals surface area contributed by atoms with Crippen molar-refractivity contribution in [3.63, 3.8) is 0 Å². The van der Waals surface area contributed by atoms with Crippen LogP contribution >= 0.6 is 34.8 Å². The summed E-state index contributed by atoms with van der Waals surface area (Å²) < 4.78 is 15.6. The number of carbonyl (C=O) groups excluding carboxylic acids is 1. The van der Waals surface area contributed by atoms with Gasteiger partial charge >= 0.3 is 0 Å². The zero-order valence-electron chi connectivity index (χ0n) is 35.7. The van der Waals surface area contributed by atoms with E-state index >= 15 is 0 Å². The number of aryl methyl sites for hydroxylation is 1. The number of hydrogen-bond acceptors (Lipinski definition) is 10. The number of fused-ring (bicyclic) bond motifs is 2. The van der Waals surface area contributed by atoms with Crippen molar-refractivity contribution < 1.29 is 14.3 Å². The minimum atomic E-state index is -0.286. The summed E-state index contributed by atoms with van der Waals surface area (Å²) in [6.45, 7) is 9.99. The van der Waals surface area contributed by atoms with Gasteiger partial charge in [0.15, 0.2) is 11.5 Å². The van der Waals surface area contributed by atoms with Gasteiger partial charge in [0, 0.05) is 66.2 Å². The average Bonchev–Trinajstić information content (AvgIpc) is 3.63. The molecule has 0 saturated carbocycles. The molecule has 8 rings (SSSR count). The van der Waals surface area contributed by atoms with E-state index in [1.807, 2.05) is 96.5 Å². The maximum absolute atomic E-state index is 13.8. The van der Waals surface area contributed by atoms with E-state index in [-0.39, 0.29) is 24.6 Å². The molecule has 0 bridgehead atoms. The predicted octanol–water partition coefficient (Wildman–Crippen LogP) is 9.22. The average molecular weight is 921 g/mol. The highest BCUT2D eigenvalue weighted by molar-refractivity contribution is 6.42. The number of hydrogen-bond donors (Lipinski definition) is 3. The first-order chi connectivity index (χ1) is 30.9. The smallest absolute Gasteiger partial charge is 0.278 e. The highest BCUT2D eigenvalue weighted by Gasteiger charge is 2.20. The van der Waals surface area contributed by atoms with Crippen LogP contribution in [0, 0.1) is 12.8 Å². The fourth-order valence-electron chi connectivity index (χ4n) is 7.47. The van der Waals surface area contributed by atoms with Crippen LogP contribution in [0.4, 0.5) is 11.6 Å². The summed E-state index contributed by atoms with van der Waals surface area (Å²) in [5, 5.41) is 12.5. The van der Waals surface area contributed by atoms with Gasteiger partial charge in [0.25, 0.3) is 11.5 Å². The molecule has 3 aromatic heterocycles. The Balaban J connectivity index is 0.869. The fourth-order valence-corrected chi connectivity index (χ4v) is 7.99. The molecule has 0 aliphatic carbocycles. The number of rotatable bonds is 16. The van der Waals surface area contributed by atoms with Crippen LogP contribution in [-0.4, -0.2) is 61.5 Å². The van der Waals surface area contributed by atoms with Crippen molar-refractivity contribution in [2.45, 2.75) is 53.4 Å². The van der Waals surface area contributed by atoms with Crippen LogP contribution in [0.1, 0.15) is 52.2 Å². The molecular formula is C48H48Cl3N9O4. The van der Waals surface area contributed by atoms with E-state index in [2.05, 4.69) is 34.5 Å². The van der Waals surface area contributed by atoms with Gasteiger partial charge in [-0.25, -0.2) is 9.97 Å². The minimum absolute atomic E-state index is 0.224. The van der Waals surface area contributed by atoms with Crippen molar-refractivity contribution in [3.05, 3.63) is 156 Å². The molecule has 7 aromatic rings. The van der Waals surface area contributed by atoms with Crippen molar-refractivity contribution in [2.75, 3.05) is 37.1 Å². The molecular weight excluding hydrogens is 873 g/mol. The summed E-state index contributed by atoms with van der Waals surface area (Å²) in [6, 6.07) is 29.7. The number of halogens is 3. The molecule has 330 valence electrons. The Hall–Kier alpha value is -5.96. The number of nitrogens with zero attached hydrogens (tertiary/aromatic N) is 6. The van der Waals surface area contributed by atoms with Gasteiger partial charge in [-0.3, -0.25) is 23.7 Å². The first-order valence-corrected chi connectivity index (χ1v) is 22.2. The Bertz CT molecular complexity index is 2880. The molecule has 13 nitrogen and oxygen atoms in total. The highest BCUT2D eigenvalue weighted by Crippen LogP contribution is 2.28. The topological polar surface area (TPSA) is 154 Å². The molecule has 0 atom stereocenters. The summed E-state index contributed by atoms with van der Waals surface area (Å²) in [5.74, 6) is 2.63. The number of ether oxygens (including phenoxy) is 2. The lowest BCUT2D eigenvalue weighted by atomic mass is 9.97. The largest absolute Gasteiger partial charge is 0.493 e. The van der Waals surface area contributed by atoms with Gasteiger partial charge < -0.3 is 25.8 Å². The van der Waals surface area contributed by atoms with E-state index in [9.17, 15) is 9.59 Å². The number of benzene rings is 4. The van der Waals surface area contributed by atoms with Crippen molar-refractivity contribution >= 4 is 63.5 Å². The quantitative estimate of drug-likeness (QED) is 0.0855. The number of anilines is 2. The van der Waals surface area contributed by atoms with Gasteiger partial charge in [-0.15, -0.1) is 0 Å². The Morgan fingerprint density at radius 2 is 1.70 bits per heavy atom. The Morgan fingerprint density at radius 3 is 2.48 bits per heavy atom. The van der Waals surface area contributed by atoms with Crippen LogP contribution in [0.5, 0.6) is 11.5 Å². The Kier molecular flexibility index (Phi) is 13.8. The number of nitrogens with two attached hydrogens (primary N) is 1. The molecule has 0 radical (unpaired) electrons. The van der Waals surface area contributed by atoms with Gasteiger partial charge in [0.05, 0.1) is 23.2 Å². The highest BCUT2D eigenvalue weighted by atomic mass is 35.5. The minimum Gasteiger partial charge on any atom is -0.493 e. The molecule has 4 aromatic carbocycles. The molecule has 4 heterocycles. The summed E-state index contributed by atoms with van der Waals surface area (Å²) in [7, 11) is 0. The van der Waals surface area contributed by atoms with Gasteiger partial charge in [-0.2, -0.15) is 5.10 Å². The molecule has 0 saturated heterocycles. The SMILES string of the molecule is Cc1cc(NC(=O)c2ccc3c(c2)CCN(COc2ccc(-c4nc5ccc(NCc6ccc(Cl)c(Cl)c6)nc5n(CCN)c4=O)cc2)C3)nn1Cc1cc(Cl)ccc1OCC(C)C. The van der Waals surface area contributed by atoms with Crippen molar-refractivity contribution in [3.8, 4) is 22.8 Å². The molecule has 64 heavy (non-hydrogen) atoms. The molecule has 0 spiro atoms. The Morgan fingerprint density at radius 1 is 0.875 bits per heavy atom. The third-order valence-electron chi connectivity index (χ3n) is 10.8. The zero-order chi connectivity index (χ0) is 44.9. The lowest BCUT2D eigenvalue weighted by molar-refractivity contribution is 0.102. The second-order valence-corrected chi connectivity index (χ2v) is 17.4. The molecule has 0 unspecified atom stereocenters. The van der Waals surface area contributed by atoms with Crippen molar-refractivity contribution in [1.82, 2.24) is 29.2 Å². The van der Waals surface area contributed by atoms with E-state index < -0.39 is 0 Å². The van der Waals surface area contributed by atoms with E-state index in [0.29, 0.717) is 99.3 Å². The van der Waals surface area contributed by atoms with Gasteiger partial charge in [-0.05, 0) is 115 Å². The predicted molar refractivity (Wildman–Crippen MR) is 254 cm³/mol. The van der Waals surface area contributed by atoms with Crippen LogP contribution in [0.15, 0.2) is 102 Å². The maximum atomic E-state index is 13.8. The molecule has 4 N–H and O–H groups in total. The first kappa shape index (κ1) is 44.6.